The van der Waals surface area contributed by atoms with Crippen molar-refractivity contribution in [3.8, 4) is 0 Å². The molecule has 1 amide bonds. The second-order valence-corrected chi connectivity index (χ2v) is 9.84. The molecule has 0 fully saturated rings. The van der Waals surface area contributed by atoms with Crippen molar-refractivity contribution in [2.24, 2.45) is 0 Å². The molecule has 4 rings (SSSR count). The molecule has 3 aromatic heterocycles. The first kappa shape index (κ1) is 24.8. The molecule has 0 aliphatic rings. The molecule has 8 nitrogen and oxygen atoms in total. The first-order valence-electron chi connectivity index (χ1n) is 11.5. The molecule has 0 aliphatic heterocycles. The summed E-state index contributed by atoms with van der Waals surface area (Å²) in [6, 6.07) is 11.8. The average Bonchev–Trinajstić information content (AvgIpc) is 3.61. The van der Waals surface area contributed by atoms with Crippen LogP contribution in [0.4, 0.5) is 0 Å². The van der Waals surface area contributed by atoms with Crippen molar-refractivity contribution < 1.29 is 4.79 Å². The van der Waals surface area contributed by atoms with Crippen LogP contribution in [0, 0.1) is 0 Å². The number of carbonyl (C=O) groups excluding carboxylic acids is 1. The van der Waals surface area contributed by atoms with Crippen LogP contribution in [-0.4, -0.2) is 55.1 Å². The van der Waals surface area contributed by atoms with E-state index >= 15 is 0 Å². The summed E-state index contributed by atoms with van der Waals surface area (Å²) in [6.07, 6.45) is 5.32. The minimum atomic E-state index is -0.157. The van der Waals surface area contributed by atoms with Gasteiger partial charge in [0.05, 0.1) is 12.2 Å². The number of benzene rings is 1. The first-order valence-corrected chi connectivity index (χ1v) is 12.7. The number of hydrogen-bond acceptors (Lipinski definition) is 6. The Morgan fingerprint density at radius 1 is 1.23 bits per heavy atom. The Balaban J connectivity index is 1.91. The van der Waals surface area contributed by atoms with Crippen LogP contribution in [0.15, 0.2) is 41.8 Å². The minimum absolute atomic E-state index is 0.157. The number of tetrazole rings is 1. The number of rotatable bonds is 10. The van der Waals surface area contributed by atoms with Gasteiger partial charge in [0.25, 0.3) is 5.91 Å². The van der Waals surface area contributed by atoms with Gasteiger partial charge in [-0.1, -0.05) is 49.2 Å². The Hall–Kier alpha value is -3.30. The lowest BCUT2D eigenvalue weighted by molar-refractivity contribution is 0.0822. The van der Waals surface area contributed by atoms with Crippen LogP contribution in [0.3, 0.4) is 0 Å². The fourth-order valence-corrected chi connectivity index (χ4v) is 4.71. The van der Waals surface area contributed by atoms with E-state index in [0.29, 0.717) is 35.2 Å². The smallest absolute Gasteiger partial charge is 0.274 e. The summed E-state index contributed by atoms with van der Waals surface area (Å²) in [6.45, 7) is 2.64. The molecule has 10 heteroatoms. The van der Waals surface area contributed by atoms with Crippen LogP contribution >= 0.6 is 22.9 Å². The van der Waals surface area contributed by atoms with Crippen LogP contribution in [0.25, 0.3) is 11.6 Å². The molecular weight excluding hydrogens is 482 g/mol. The third-order valence-electron chi connectivity index (χ3n) is 5.62. The standard InChI is InChI=1S/C25H28ClN7OS/c1-4-5-12-22-27-23(25(34)32(2)3)21(33(22)16-17-9-6-7-11-20(17)26)15-18(24-28-30-31-29-24)14-19-10-8-13-35-19/h6-11,13,15H,4-5,12,14,16H2,1-3H3,(H,28,29,30,31)/b18-15+. The third kappa shape index (κ3) is 5.86. The van der Waals surface area contributed by atoms with Gasteiger partial charge in [-0.25, -0.2) is 4.98 Å². The molecule has 0 saturated carbocycles. The topological polar surface area (TPSA) is 92.6 Å². The van der Waals surface area contributed by atoms with E-state index in [4.69, 9.17) is 16.6 Å². The lowest BCUT2D eigenvalue weighted by Gasteiger charge is -2.14. The summed E-state index contributed by atoms with van der Waals surface area (Å²) in [5.74, 6) is 1.18. The number of aromatic amines is 1. The SMILES string of the molecule is CCCCc1nc(C(=O)N(C)C)c(/C=C(\Cc2cccs2)c2nn[nH]n2)n1Cc1ccccc1Cl. The predicted octanol–water partition coefficient (Wildman–Crippen LogP) is 4.99. The zero-order valence-electron chi connectivity index (χ0n) is 20.0. The van der Waals surface area contributed by atoms with Crippen LogP contribution in [0.1, 0.15) is 58.0 Å². The Bertz CT molecular complexity index is 1290. The maximum absolute atomic E-state index is 13.3. The lowest BCUT2D eigenvalue weighted by atomic mass is 10.1. The highest BCUT2D eigenvalue weighted by Crippen LogP contribution is 2.27. The summed E-state index contributed by atoms with van der Waals surface area (Å²) in [4.78, 5) is 20.8. The molecule has 4 aromatic rings. The predicted molar refractivity (Wildman–Crippen MR) is 139 cm³/mol. The van der Waals surface area contributed by atoms with Crippen molar-refractivity contribution in [1.29, 1.82) is 0 Å². The highest BCUT2D eigenvalue weighted by Gasteiger charge is 2.24. The molecule has 0 saturated heterocycles. The molecule has 0 radical (unpaired) electrons. The monoisotopic (exact) mass is 509 g/mol. The van der Waals surface area contributed by atoms with Gasteiger partial charge in [-0.2, -0.15) is 5.21 Å². The Morgan fingerprint density at radius 2 is 2.06 bits per heavy atom. The molecule has 35 heavy (non-hydrogen) atoms. The Kier molecular flexibility index (Phi) is 8.09. The molecule has 3 heterocycles. The van der Waals surface area contributed by atoms with Gasteiger partial charge in [0, 0.05) is 42.4 Å². The number of imidazole rings is 1. The lowest BCUT2D eigenvalue weighted by Crippen LogP contribution is -2.23. The zero-order chi connectivity index (χ0) is 24.8. The summed E-state index contributed by atoms with van der Waals surface area (Å²) < 4.78 is 2.10. The summed E-state index contributed by atoms with van der Waals surface area (Å²) >= 11 is 8.19. The number of hydrogen-bond donors (Lipinski definition) is 1. The van der Waals surface area contributed by atoms with E-state index < -0.39 is 0 Å². The molecule has 1 aromatic carbocycles. The van der Waals surface area contributed by atoms with E-state index in [-0.39, 0.29) is 5.91 Å². The normalized spacial score (nSPS) is 11.7. The molecule has 0 spiro atoms. The molecule has 0 bridgehead atoms. The van der Waals surface area contributed by atoms with E-state index in [1.54, 1.807) is 30.3 Å². The number of unbranched alkanes of at least 4 members (excludes halogenated alkanes) is 1. The van der Waals surface area contributed by atoms with E-state index in [0.717, 1.165) is 41.1 Å². The molecule has 0 aliphatic carbocycles. The third-order valence-corrected chi connectivity index (χ3v) is 6.87. The van der Waals surface area contributed by atoms with Crippen molar-refractivity contribution in [1.82, 2.24) is 35.1 Å². The first-order chi connectivity index (χ1) is 17.0. The van der Waals surface area contributed by atoms with Crippen LogP contribution in [0.2, 0.25) is 5.02 Å². The summed E-state index contributed by atoms with van der Waals surface area (Å²) in [5.41, 5.74) is 2.92. The van der Waals surface area contributed by atoms with Gasteiger partial charge in [0.1, 0.15) is 5.82 Å². The van der Waals surface area contributed by atoms with Gasteiger partial charge >= 0.3 is 0 Å². The van der Waals surface area contributed by atoms with Crippen molar-refractivity contribution in [3.63, 3.8) is 0 Å². The van der Waals surface area contributed by atoms with Gasteiger partial charge in [0.2, 0.25) is 5.82 Å². The Morgan fingerprint density at radius 3 is 2.71 bits per heavy atom. The number of aromatic nitrogens is 6. The van der Waals surface area contributed by atoms with Crippen LogP contribution < -0.4 is 0 Å². The Labute approximate surface area is 213 Å². The summed E-state index contributed by atoms with van der Waals surface area (Å²) in [7, 11) is 3.47. The van der Waals surface area contributed by atoms with Crippen molar-refractivity contribution in [3.05, 3.63) is 80.3 Å². The van der Waals surface area contributed by atoms with E-state index in [9.17, 15) is 4.79 Å². The van der Waals surface area contributed by atoms with E-state index in [2.05, 4.69) is 38.2 Å². The molecular formula is C25H28ClN7OS. The zero-order valence-corrected chi connectivity index (χ0v) is 21.6. The number of carbonyl (C=O) groups is 1. The number of thiophene rings is 1. The largest absolute Gasteiger partial charge is 0.343 e. The highest BCUT2D eigenvalue weighted by atomic mass is 35.5. The molecule has 0 atom stereocenters. The second kappa shape index (κ2) is 11.4. The summed E-state index contributed by atoms with van der Waals surface area (Å²) in [5, 5.41) is 17.5. The van der Waals surface area contributed by atoms with Crippen molar-refractivity contribution in [2.45, 2.75) is 39.2 Å². The average molecular weight is 510 g/mol. The minimum Gasteiger partial charge on any atom is -0.343 e. The van der Waals surface area contributed by atoms with Gasteiger partial charge in [0.15, 0.2) is 5.69 Å². The van der Waals surface area contributed by atoms with Gasteiger partial charge in [-0.15, -0.1) is 21.5 Å². The number of amides is 1. The van der Waals surface area contributed by atoms with Gasteiger partial charge < -0.3 is 9.47 Å². The maximum Gasteiger partial charge on any atom is 0.274 e. The van der Waals surface area contributed by atoms with Crippen molar-refractivity contribution >= 4 is 40.5 Å². The molecule has 182 valence electrons. The number of aryl methyl sites for hydroxylation is 1. The van der Waals surface area contributed by atoms with E-state index in [1.807, 2.05) is 41.8 Å². The van der Waals surface area contributed by atoms with Crippen LogP contribution in [-0.2, 0) is 19.4 Å². The van der Waals surface area contributed by atoms with Crippen molar-refractivity contribution in [2.75, 3.05) is 14.1 Å². The van der Waals surface area contributed by atoms with Gasteiger partial charge in [-0.05, 0) is 40.8 Å². The maximum atomic E-state index is 13.3. The molecule has 1 N–H and O–H groups in total. The highest BCUT2D eigenvalue weighted by molar-refractivity contribution is 7.10. The fraction of sp³-hybridized carbons (Fsp3) is 0.320. The number of nitrogens with zero attached hydrogens (tertiary/aromatic N) is 6. The number of nitrogens with one attached hydrogen (secondary N) is 1. The molecule has 0 unspecified atom stereocenters. The number of halogens is 1. The number of allylic oxidation sites excluding steroid dienone is 1. The number of H-pyrrole nitrogens is 1. The van der Waals surface area contributed by atoms with Crippen LogP contribution in [0.5, 0.6) is 0 Å². The van der Waals surface area contributed by atoms with E-state index in [1.165, 1.54) is 0 Å². The quantitative estimate of drug-likeness (QED) is 0.325. The van der Waals surface area contributed by atoms with Gasteiger partial charge in [-0.3, -0.25) is 4.79 Å². The second-order valence-electron chi connectivity index (χ2n) is 8.40. The fourth-order valence-electron chi connectivity index (χ4n) is 3.79.